The van der Waals surface area contributed by atoms with Gasteiger partial charge in [-0.1, -0.05) is 5.10 Å². The number of anilines is 1. The standard InChI is InChI=1S/C10H16N4O3/c1-6(16-2)8(15)12-10-14-13-9(17-10)7-4-3-5-11-7/h6-7,11H,3-5H2,1-2H3,(H,12,14,15). The highest BCUT2D eigenvalue weighted by Crippen LogP contribution is 2.22. The Balaban J connectivity index is 1.96. The lowest BCUT2D eigenvalue weighted by molar-refractivity contribution is -0.124. The Kier molecular flexibility index (Phi) is 3.70. The molecule has 2 atom stereocenters. The van der Waals surface area contributed by atoms with Crippen LogP contribution < -0.4 is 10.6 Å². The molecule has 0 aromatic carbocycles. The molecule has 0 bridgehead atoms. The molecule has 7 heteroatoms. The minimum absolute atomic E-state index is 0.105. The van der Waals surface area contributed by atoms with Crippen molar-refractivity contribution in [3.63, 3.8) is 0 Å². The molecule has 0 radical (unpaired) electrons. The fourth-order valence-corrected chi connectivity index (χ4v) is 1.64. The number of aromatic nitrogens is 2. The second kappa shape index (κ2) is 5.24. The number of ether oxygens (including phenoxy) is 1. The van der Waals surface area contributed by atoms with Crippen molar-refractivity contribution in [2.45, 2.75) is 31.9 Å². The average Bonchev–Trinajstić information content (AvgIpc) is 2.97. The van der Waals surface area contributed by atoms with Crippen LogP contribution in [0.4, 0.5) is 6.01 Å². The monoisotopic (exact) mass is 240 g/mol. The van der Waals surface area contributed by atoms with E-state index in [0.29, 0.717) is 5.89 Å². The van der Waals surface area contributed by atoms with Gasteiger partial charge < -0.3 is 14.5 Å². The number of carbonyl (C=O) groups excluding carboxylic acids is 1. The molecule has 1 aliphatic rings. The highest BCUT2D eigenvalue weighted by Gasteiger charge is 2.23. The fourth-order valence-electron chi connectivity index (χ4n) is 1.64. The van der Waals surface area contributed by atoms with Gasteiger partial charge in [-0.25, -0.2) is 0 Å². The molecule has 94 valence electrons. The van der Waals surface area contributed by atoms with E-state index in [1.165, 1.54) is 7.11 Å². The lowest BCUT2D eigenvalue weighted by Crippen LogP contribution is -2.26. The predicted molar refractivity (Wildman–Crippen MR) is 59.4 cm³/mol. The van der Waals surface area contributed by atoms with Crippen molar-refractivity contribution in [2.75, 3.05) is 19.0 Å². The Morgan fingerprint density at radius 2 is 2.47 bits per heavy atom. The SMILES string of the molecule is COC(C)C(=O)Nc1nnc(C2CCCN2)o1. The van der Waals surface area contributed by atoms with Crippen molar-refractivity contribution >= 4 is 11.9 Å². The molecular formula is C10H16N4O3. The Morgan fingerprint density at radius 1 is 1.65 bits per heavy atom. The summed E-state index contributed by atoms with van der Waals surface area (Å²) in [7, 11) is 1.46. The van der Waals surface area contributed by atoms with Gasteiger partial charge in [-0.05, 0) is 26.3 Å². The number of amides is 1. The van der Waals surface area contributed by atoms with Crippen molar-refractivity contribution in [3.05, 3.63) is 5.89 Å². The van der Waals surface area contributed by atoms with Crippen molar-refractivity contribution in [1.82, 2.24) is 15.5 Å². The van der Waals surface area contributed by atoms with Crippen LogP contribution in [0.25, 0.3) is 0 Å². The van der Waals surface area contributed by atoms with Gasteiger partial charge in [-0.3, -0.25) is 10.1 Å². The van der Waals surface area contributed by atoms with E-state index in [9.17, 15) is 4.79 Å². The number of hydrogen-bond donors (Lipinski definition) is 2. The van der Waals surface area contributed by atoms with Crippen LogP contribution in [0.1, 0.15) is 31.7 Å². The van der Waals surface area contributed by atoms with E-state index < -0.39 is 6.10 Å². The summed E-state index contributed by atoms with van der Waals surface area (Å²) in [5.74, 6) is 0.213. The third-order valence-electron chi connectivity index (χ3n) is 2.75. The summed E-state index contributed by atoms with van der Waals surface area (Å²) >= 11 is 0. The number of nitrogens with one attached hydrogen (secondary N) is 2. The summed E-state index contributed by atoms with van der Waals surface area (Å²) in [5, 5.41) is 13.4. The van der Waals surface area contributed by atoms with Crippen LogP contribution in [0.2, 0.25) is 0 Å². The molecule has 2 unspecified atom stereocenters. The zero-order valence-electron chi connectivity index (χ0n) is 9.90. The lowest BCUT2D eigenvalue weighted by atomic mass is 10.2. The van der Waals surface area contributed by atoms with Gasteiger partial charge in [-0.2, -0.15) is 0 Å². The number of nitrogens with zero attached hydrogens (tertiary/aromatic N) is 2. The molecule has 0 spiro atoms. The van der Waals surface area contributed by atoms with E-state index in [0.717, 1.165) is 19.4 Å². The Hall–Kier alpha value is -1.47. The maximum Gasteiger partial charge on any atom is 0.322 e. The number of hydrogen-bond acceptors (Lipinski definition) is 6. The lowest BCUT2D eigenvalue weighted by Gasteiger charge is -2.07. The van der Waals surface area contributed by atoms with E-state index >= 15 is 0 Å². The first kappa shape index (κ1) is 12.0. The van der Waals surface area contributed by atoms with Gasteiger partial charge in [0.05, 0.1) is 6.04 Å². The quantitative estimate of drug-likeness (QED) is 0.795. The third kappa shape index (κ3) is 2.80. The summed E-state index contributed by atoms with van der Waals surface area (Å²) in [6.07, 6.45) is 1.52. The van der Waals surface area contributed by atoms with Gasteiger partial charge in [-0.15, -0.1) is 5.10 Å². The molecule has 1 aromatic rings. The molecule has 17 heavy (non-hydrogen) atoms. The molecule has 7 nitrogen and oxygen atoms in total. The van der Waals surface area contributed by atoms with E-state index in [1.807, 2.05) is 0 Å². The Morgan fingerprint density at radius 3 is 3.12 bits per heavy atom. The molecule has 2 N–H and O–H groups in total. The van der Waals surface area contributed by atoms with E-state index in [2.05, 4.69) is 20.8 Å². The minimum Gasteiger partial charge on any atom is -0.406 e. The summed E-state index contributed by atoms with van der Waals surface area (Å²) in [6.45, 7) is 2.60. The molecule has 1 aromatic heterocycles. The third-order valence-corrected chi connectivity index (χ3v) is 2.75. The van der Waals surface area contributed by atoms with Crippen LogP contribution in [0.3, 0.4) is 0 Å². The first-order valence-electron chi connectivity index (χ1n) is 5.61. The van der Waals surface area contributed by atoms with Gasteiger partial charge in [0.15, 0.2) is 0 Å². The van der Waals surface area contributed by atoms with Crippen LogP contribution >= 0.6 is 0 Å². The first-order valence-corrected chi connectivity index (χ1v) is 5.61. The van der Waals surface area contributed by atoms with Crippen LogP contribution in [0.5, 0.6) is 0 Å². The normalized spacial score (nSPS) is 21.4. The maximum absolute atomic E-state index is 11.5. The Labute approximate surface area is 98.9 Å². The molecule has 1 amide bonds. The summed E-state index contributed by atoms with van der Waals surface area (Å²) in [4.78, 5) is 11.5. The number of carbonyl (C=O) groups is 1. The van der Waals surface area contributed by atoms with E-state index in [4.69, 9.17) is 9.15 Å². The van der Waals surface area contributed by atoms with Gasteiger partial charge in [0.25, 0.3) is 5.91 Å². The van der Waals surface area contributed by atoms with E-state index in [-0.39, 0.29) is 18.0 Å². The molecular weight excluding hydrogens is 224 g/mol. The topological polar surface area (TPSA) is 89.3 Å². The fraction of sp³-hybridized carbons (Fsp3) is 0.700. The van der Waals surface area contributed by atoms with Gasteiger partial charge in [0, 0.05) is 7.11 Å². The van der Waals surface area contributed by atoms with Crippen LogP contribution in [-0.4, -0.2) is 35.9 Å². The van der Waals surface area contributed by atoms with Crippen molar-refractivity contribution in [2.24, 2.45) is 0 Å². The largest absolute Gasteiger partial charge is 0.406 e. The van der Waals surface area contributed by atoms with Gasteiger partial charge in [0.1, 0.15) is 6.10 Å². The van der Waals surface area contributed by atoms with Crippen LogP contribution in [0.15, 0.2) is 4.42 Å². The van der Waals surface area contributed by atoms with Gasteiger partial charge >= 0.3 is 6.01 Å². The molecule has 1 aliphatic heterocycles. The second-order valence-electron chi connectivity index (χ2n) is 3.96. The molecule has 2 heterocycles. The highest BCUT2D eigenvalue weighted by atomic mass is 16.5. The van der Waals surface area contributed by atoms with E-state index in [1.54, 1.807) is 6.92 Å². The zero-order valence-corrected chi connectivity index (χ0v) is 9.90. The molecule has 1 fully saturated rings. The highest BCUT2D eigenvalue weighted by molar-refractivity contribution is 5.91. The maximum atomic E-state index is 11.5. The van der Waals surface area contributed by atoms with Crippen molar-refractivity contribution in [1.29, 1.82) is 0 Å². The summed E-state index contributed by atoms with van der Waals surface area (Å²) in [6, 6.07) is 0.218. The first-order chi connectivity index (χ1) is 8.20. The average molecular weight is 240 g/mol. The minimum atomic E-state index is -0.546. The van der Waals surface area contributed by atoms with Gasteiger partial charge in [0.2, 0.25) is 5.89 Å². The van der Waals surface area contributed by atoms with Crippen molar-refractivity contribution < 1.29 is 13.9 Å². The summed E-state index contributed by atoms with van der Waals surface area (Å²) < 4.78 is 10.2. The number of rotatable bonds is 4. The number of methoxy groups -OCH3 is 1. The smallest absolute Gasteiger partial charge is 0.322 e. The summed E-state index contributed by atoms with van der Waals surface area (Å²) in [5.41, 5.74) is 0. The molecule has 2 rings (SSSR count). The second-order valence-corrected chi connectivity index (χ2v) is 3.96. The predicted octanol–water partition coefficient (Wildman–Crippen LogP) is 0.467. The Bertz CT molecular complexity index is 387. The molecule has 0 saturated carbocycles. The van der Waals surface area contributed by atoms with Crippen LogP contribution in [0, 0.1) is 0 Å². The molecule has 1 saturated heterocycles. The van der Waals surface area contributed by atoms with Crippen molar-refractivity contribution in [3.8, 4) is 0 Å². The van der Waals surface area contributed by atoms with Crippen LogP contribution in [-0.2, 0) is 9.53 Å². The zero-order chi connectivity index (χ0) is 12.3. The molecule has 0 aliphatic carbocycles.